The van der Waals surface area contributed by atoms with Gasteiger partial charge in [-0.05, 0) is 26.0 Å². The number of alkyl halides is 3. The van der Waals surface area contributed by atoms with Crippen molar-refractivity contribution in [3.63, 3.8) is 0 Å². The molecule has 0 aliphatic rings. The minimum Gasteiger partial charge on any atom is -0.469 e. The van der Waals surface area contributed by atoms with E-state index in [0.717, 1.165) is 16.8 Å². The predicted octanol–water partition coefficient (Wildman–Crippen LogP) is 2.24. The van der Waals surface area contributed by atoms with Gasteiger partial charge in [0, 0.05) is 17.8 Å². The van der Waals surface area contributed by atoms with Crippen LogP contribution in [0.2, 0.25) is 0 Å². The molecule has 0 bridgehead atoms. The molecule has 1 atom stereocenters. The van der Waals surface area contributed by atoms with E-state index >= 15 is 0 Å². The molecule has 28 heavy (non-hydrogen) atoms. The molecule has 1 heterocycles. The van der Waals surface area contributed by atoms with Gasteiger partial charge < -0.3 is 10.1 Å². The molecule has 2 aromatic rings. The van der Waals surface area contributed by atoms with Crippen molar-refractivity contribution >= 4 is 11.9 Å². The van der Waals surface area contributed by atoms with Crippen LogP contribution in [0.3, 0.4) is 0 Å². The molecule has 2 rings (SSSR count). The van der Waals surface area contributed by atoms with Crippen LogP contribution in [0.5, 0.6) is 0 Å². The summed E-state index contributed by atoms with van der Waals surface area (Å²) in [7, 11) is 1.19. The molecule has 1 aromatic heterocycles. The number of ether oxygens (including phenoxy) is 1. The highest BCUT2D eigenvalue weighted by Gasteiger charge is 2.34. The molecule has 0 saturated carbocycles. The molecule has 1 aromatic carbocycles. The first kappa shape index (κ1) is 21.1. The van der Waals surface area contributed by atoms with Gasteiger partial charge in [0.25, 0.3) is 5.91 Å². The smallest absolute Gasteiger partial charge is 0.418 e. The largest absolute Gasteiger partial charge is 0.469 e. The molecule has 0 aliphatic heterocycles. The highest BCUT2D eigenvalue weighted by molar-refractivity contribution is 5.92. The van der Waals surface area contributed by atoms with E-state index in [0.29, 0.717) is 0 Å². The number of hydrogen-bond donors (Lipinski definition) is 1. The molecular formula is C18H18F3N3O4. The van der Waals surface area contributed by atoms with Gasteiger partial charge in [-0.25, -0.2) is 4.68 Å². The molecule has 0 spiro atoms. The maximum atomic E-state index is 13.3. The highest BCUT2D eigenvalue weighted by atomic mass is 19.4. The topological polar surface area (TPSA) is 90.3 Å². The summed E-state index contributed by atoms with van der Waals surface area (Å²) < 4.78 is 45.3. The maximum absolute atomic E-state index is 13.3. The lowest BCUT2D eigenvalue weighted by Gasteiger charge is -2.17. The number of esters is 1. The number of hydrogen-bond acceptors (Lipinski definition) is 5. The van der Waals surface area contributed by atoms with Crippen LogP contribution in [0, 0.1) is 6.92 Å². The quantitative estimate of drug-likeness (QED) is 0.782. The first-order chi connectivity index (χ1) is 13.0. The Bertz CT molecular complexity index is 954. The molecule has 1 N–H and O–H groups in total. The van der Waals surface area contributed by atoms with Crippen LogP contribution < -0.4 is 10.7 Å². The number of halogens is 3. The van der Waals surface area contributed by atoms with Crippen LogP contribution in [0.25, 0.3) is 5.69 Å². The predicted molar refractivity (Wildman–Crippen MR) is 93.1 cm³/mol. The van der Waals surface area contributed by atoms with E-state index in [2.05, 4.69) is 15.2 Å². The SMILES string of the molecule is COC(=O)CC(C)NC(=O)c1nn(-c2ccccc2C(F)(F)F)c(C)cc1=O. The Morgan fingerprint density at radius 1 is 1.29 bits per heavy atom. The van der Waals surface area contributed by atoms with E-state index in [-0.39, 0.29) is 17.8 Å². The molecule has 10 heteroatoms. The third-order valence-electron chi connectivity index (χ3n) is 3.84. The molecule has 0 fully saturated rings. The third kappa shape index (κ3) is 4.76. The summed E-state index contributed by atoms with van der Waals surface area (Å²) in [6, 6.07) is 5.05. The van der Waals surface area contributed by atoms with Crippen LogP contribution in [0.15, 0.2) is 35.1 Å². The van der Waals surface area contributed by atoms with Gasteiger partial charge in [-0.1, -0.05) is 12.1 Å². The second-order valence-corrected chi connectivity index (χ2v) is 6.08. The van der Waals surface area contributed by atoms with Crippen molar-refractivity contribution in [1.82, 2.24) is 15.1 Å². The molecular weight excluding hydrogens is 379 g/mol. The second kappa shape index (κ2) is 8.24. The van der Waals surface area contributed by atoms with Gasteiger partial charge >= 0.3 is 12.1 Å². The van der Waals surface area contributed by atoms with Crippen molar-refractivity contribution < 1.29 is 27.5 Å². The summed E-state index contributed by atoms with van der Waals surface area (Å²) in [6.45, 7) is 2.92. The fraction of sp³-hybridized carbons (Fsp3) is 0.333. The van der Waals surface area contributed by atoms with E-state index in [1.54, 1.807) is 0 Å². The molecule has 1 unspecified atom stereocenters. The van der Waals surface area contributed by atoms with Gasteiger partial charge in [0.05, 0.1) is 24.8 Å². The Morgan fingerprint density at radius 2 is 1.93 bits per heavy atom. The Hall–Kier alpha value is -3.17. The Labute approximate surface area is 158 Å². The van der Waals surface area contributed by atoms with Gasteiger partial charge in [-0.15, -0.1) is 0 Å². The summed E-state index contributed by atoms with van der Waals surface area (Å²) in [5.41, 5.74) is -2.48. The zero-order valence-corrected chi connectivity index (χ0v) is 15.3. The van der Waals surface area contributed by atoms with Gasteiger partial charge in [-0.3, -0.25) is 14.4 Å². The number of nitrogens with one attached hydrogen (secondary N) is 1. The van der Waals surface area contributed by atoms with E-state index in [9.17, 15) is 27.6 Å². The summed E-state index contributed by atoms with van der Waals surface area (Å²) in [4.78, 5) is 35.8. The van der Waals surface area contributed by atoms with Gasteiger partial charge in [0.1, 0.15) is 0 Å². The van der Waals surface area contributed by atoms with Crippen LogP contribution in [0.4, 0.5) is 13.2 Å². The molecule has 1 amide bonds. The molecule has 0 aliphatic carbocycles. The van der Waals surface area contributed by atoms with Crippen molar-refractivity contribution in [1.29, 1.82) is 0 Å². The molecule has 150 valence electrons. The van der Waals surface area contributed by atoms with Crippen molar-refractivity contribution in [3.05, 3.63) is 57.5 Å². The second-order valence-electron chi connectivity index (χ2n) is 6.08. The average Bonchev–Trinajstić information content (AvgIpc) is 2.60. The molecule has 0 saturated heterocycles. The zero-order chi connectivity index (χ0) is 21.1. The molecule has 0 radical (unpaired) electrons. The highest BCUT2D eigenvalue weighted by Crippen LogP contribution is 2.33. The van der Waals surface area contributed by atoms with Gasteiger partial charge in [0.15, 0.2) is 5.69 Å². The van der Waals surface area contributed by atoms with E-state index < -0.39 is 40.8 Å². The van der Waals surface area contributed by atoms with Crippen LogP contribution >= 0.6 is 0 Å². The lowest BCUT2D eigenvalue weighted by molar-refractivity contribution is -0.141. The summed E-state index contributed by atoms with van der Waals surface area (Å²) in [6.07, 6.45) is -4.79. The summed E-state index contributed by atoms with van der Waals surface area (Å²) >= 11 is 0. The number of para-hydroxylation sites is 1. The third-order valence-corrected chi connectivity index (χ3v) is 3.84. The van der Waals surface area contributed by atoms with E-state index in [1.165, 1.54) is 39.2 Å². The van der Waals surface area contributed by atoms with Crippen LogP contribution in [-0.4, -0.2) is 34.8 Å². The van der Waals surface area contributed by atoms with Crippen molar-refractivity contribution in [2.24, 2.45) is 0 Å². The fourth-order valence-electron chi connectivity index (χ4n) is 2.52. The van der Waals surface area contributed by atoms with Gasteiger partial charge in [0.2, 0.25) is 5.43 Å². The standard InChI is InChI=1S/C18H18F3N3O4/c1-10(8-15(26)28-3)22-17(27)16-14(25)9-11(2)24(23-16)13-7-5-4-6-12(13)18(19,20)21/h4-7,9-10H,8H2,1-3H3,(H,22,27). The Balaban J connectivity index is 2.45. The Kier molecular flexibility index (Phi) is 6.22. The monoisotopic (exact) mass is 397 g/mol. The Morgan fingerprint density at radius 3 is 2.54 bits per heavy atom. The average molecular weight is 397 g/mol. The number of methoxy groups -OCH3 is 1. The number of amides is 1. The number of aromatic nitrogens is 2. The first-order valence-corrected chi connectivity index (χ1v) is 8.20. The van der Waals surface area contributed by atoms with E-state index in [4.69, 9.17) is 0 Å². The van der Waals surface area contributed by atoms with Crippen molar-refractivity contribution in [3.8, 4) is 5.69 Å². The van der Waals surface area contributed by atoms with Crippen LogP contribution in [0.1, 0.15) is 35.1 Å². The number of carbonyl (C=O) groups excluding carboxylic acids is 2. The summed E-state index contributed by atoms with van der Waals surface area (Å²) in [5.74, 6) is -1.47. The van der Waals surface area contributed by atoms with Crippen molar-refractivity contribution in [2.75, 3.05) is 7.11 Å². The zero-order valence-electron chi connectivity index (χ0n) is 15.3. The van der Waals surface area contributed by atoms with Crippen molar-refractivity contribution in [2.45, 2.75) is 32.5 Å². The van der Waals surface area contributed by atoms with Crippen LogP contribution in [-0.2, 0) is 15.7 Å². The van der Waals surface area contributed by atoms with Gasteiger partial charge in [-0.2, -0.15) is 18.3 Å². The lowest BCUT2D eigenvalue weighted by atomic mass is 10.1. The number of carbonyl (C=O) groups is 2. The number of benzene rings is 1. The number of aryl methyl sites for hydroxylation is 1. The fourth-order valence-corrected chi connectivity index (χ4v) is 2.52. The maximum Gasteiger partial charge on any atom is 0.418 e. The normalized spacial score (nSPS) is 12.4. The minimum absolute atomic E-state index is 0.126. The minimum atomic E-state index is -4.65. The number of nitrogens with zero attached hydrogens (tertiary/aromatic N) is 2. The summed E-state index contributed by atoms with van der Waals surface area (Å²) in [5, 5.41) is 6.25. The first-order valence-electron chi connectivity index (χ1n) is 8.20. The lowest BCUT2D eigenvalue weighted by Crippen LogP contribution is -2.38. The molecule has 7 nitrogen and oxygen atoms in total. The van der Waals surface area contributed by atoms with E-state index in [1.807, 2.05) is 0 Å². The number of rotatable bonds is 5.